The van der Waals surface area contributed by atoms with Gasteiger partial charge in [0.1, 0.15) is 17.7 Å². The van der Waals surface area contributed by atoms with E-state index in [4.69, 9.17) is 0 Å². The van der Waals surface area contributed by atoms with Crippen LogP contribution in [-0.4, -0.2) is 18.0 Å². The fourth-order valence-corrected chi connectivity index (χ4v) is 3.70. The molecule has 0 aliphatic carbocycles. The van der Waals surface area contributed by atoms with E-state index in [0.29, 0.717) is 11.4 Å². The molecule has 5 nitrogen and oxygen atoms in total. The maximum atomic E-state index is 13.3. The Morgan fingerprint density at radius 2 is 1.72 bits per heavy atom. The van der Waals surface area contributed by atoms with Gasteiger partial charge in [0, 0.05) is 19.4 Å². The number of sulfonamides is 1. The summed E-state index contributed by atoms with van der Waals surface area (Å²) in [5.74, 6) is 0.131. The Morgan fingerprint density at radius 3 is 2.28 bits per heavy atom. The molecular formula is C18H18FN3O2S. The number of hydrogen-bond donors (Lipinski definition) is 1. The first-order valence-electron chi connectivity index (χ1n) is 7.68. The predicted octanol–water partition coefficient (Wildman–Crippen LogP) is 2.94. The summed E-state index contributed by atoms with van der Waals surface area (Å²) in [4.78, 5) is 4.42. The van der Waals surface area contributed by atoms with Crippen molar-refractivity contribution in [3.05, 3.63) is 83.7 Å². The number of nitrogens with zero attached hydrogens (tertiary/aromatic N) is 2. The van der Waals surface area contributed by atoms with Gasteiger partial charge in [-0.15, -0.1) is 0 Å². The highest BCUT2D eigenvalue weighted by molar-refractivity contribution is 7.89. The molecule has 0 fully saturated rings. The van der Waals surface area contributed by atoms with Crippen LogP contribution in [0.15, 0.2) is 65.8 Å². The fourth-order valence-electron chi connectivity index (χ4n) is 2.52. The van der Waals surface area contributed by atoms with E-state index in [1.165, 1.54) is 12.1 Å². The van der Waals surface area contributed by atoms with Crippen molar-refractivity contribution in [3.8, 4) is 0 Å². The highest BCUT2D eigenvalue weighted by Gasteiger charge is 2.25. The number of nitrogens with one attached hydrogen (secondary N) is 1. The summed E-state index contributed by atoms with van der Waals surface area (Å²) in [5, 5.41) is 0. The summed E-state index contributed by atoms with van der Waals surface area (Å²) >= 11 is 0. The van der Waals surface area contributed by atoms with Crippen LogP contribution in [0.4, 0.5) is 4.39 Å². The standard InChI is InChI=1S/C18H18FN3O2S/c1-13-3-9-16(10-4-13)25(23,24)21-17(18-20-11-12-22(18)2)14-5-7-15(19)8-6-14/h3-12,17,21H,1-2H3/t17-/m1/s1. The first kappa shape index (κ1) is 17.3. The van der Waals surface area contributed by atoms with Gasteiger partial charge in [-0.05, 0) is 36.8 Å². The first-order chi connectivity index (χ1) is 11.9. The van der Waals surface area contributed by atoms with Gasteiger partial charge in [-0.25, -0.2) is 17.8 Å². The molecule has 0 bridgehead atoms. The zero-order chi connectivity index (χ0) is 18.0. The molecule has 25 heavy (non-hydrogen) atoms. The summed E-state index contributed by atoms with van der Waals surface area (Å²) in [6.45, 7) is 1.89. The van der Waals surface area contributed by atoms with Crippen molar-refractivity contribution in [1.29, 1.82) is 0 Å². The Labute approximate surface area is 146 Å². The van der Waals surface area contributed by atoms with Crippen LogP contribution < -0.4 is 4.72 Å². The van der Waals surface area contributed by atoms with E-state index in [1.54, 1.807) is 60.4 Å². The Balaban J connectivity index is 2.02. The van der Waals surface area contributed by atoms with E-state index in [0.717, 1.165) is 5.56 Å². The normalized spacial score (nSPS) is 12.9. The molecule has 1 N–H and O–H groups in total. The Morgan fingerprint density at radius 1 is 1.08 bits per heavy atom. The lowest BCUT2D eigenvalue weighted by molar-refractivity contribution is 0.562. The molecule has 0 saturated heterocycles. The SMILES string of the molecule is Cc1ccc(S(=O)(=O)N[C@H](c2ccc(F)cc2)c2nccn2C)cc1. The molecule has 3 aromatic rings. The summed E-state index contributed by atoms with van der Waals surface area (Å²) in [7, 11) is -2.00. The molecule has 0 aliphatic heterocycles. The average Bonchev–Trinajstić information content (AvgIpc) is 3.00. The van der Waals surface area contributed by atoms with E-state index in [9.17, 15) is 12.8 Å². The summed E-state index contributed by atoms with van der Waals surface area (Å²) < 4.78 is 43.2. The Hall–Kier alpha value is -2.51. The monoisotopic (exact) mass is 359 g/mol. The minimum Gasteiger partial charge on any atom is -0.336 e. The third kappa shape index (κ3) is 3.78. The summed E-state index contributed by atoms with van der Waals surface area (Å²) in [6, 6.07) is 11.5. The van der Waals surface area contributed by atoms with Crippen LogP contribution >= 0.6 is 0 Å². The van der Waals surface area contributed by atoms with Gasteiger partial charge in [0.15, 0.2) is 0 Å². The molecule has 130 valence electrons. The average molecular weight is 359 g/mol. The van der Waals surface area contributed by atoms with Crippen molar-refractivity contribution in [1.82, 2.24) is 14.3 Å². The second-order valence-corrected chi connectivity index (χ2v) is 7.53. The van der Waals surface area contributed by atoms with Crippen LogP contribution in [0.2, 0.25) is 0 Å². The molecule has 0 unspecified atom stereocenters. The van der Waals surface area contributed by atoms with Crippen LogP contribution in [0.5, 0.6) is 0 Å². The molecular weight excluding hydrogens is 341 g/mol. The van der Waals surface area contributed by atoms with Crippen molar-refractivity contribution < 1.29 is 12.8 Å². The van der Waals surface area contributed by atoms with Gasteiger partial charge in [-0.2, -0.15) is 4.72 Å². The fraction of sp³-hybridized carbons (Fsp3) is 0.167. The van der Waals surface area contributed by atoms with Gasteiger partial charge in [0.25, 0.3) is 0 Å². The van der Waals surface area contributed by atoms with Gasteiger partial charge in [0.2, 0.25) is 10.0 Å². The predicted molar refractivity (Wildman–Crippen MR) is 93.0 cm³/mol. The van der Waals surface area contributed by atoms with E-state index in [1.807, 2.05) is 6.92 Å². The molecule has 3 rings (SSSR count). The lowest BCUT2D eigenvalue weighted by atomic mass is 10.1. The van der Waals surface area contributed by atoms with Gasteiger partial charge in [-0.3, -0.25) is 0 Å². The third-order valence-electron chi connectivity index (χ3n) is 3.92. The highest BCUT2D eigenvalue weighted by atomic mass is 32.2. The number of aromatic nitrogens is 2. The Bertz CT molecular complexity index is 964. The van der Waals surface area contributed by atoms with Gasteiger partial charge in [0.05, 0.1) is 4.90 Å². The molecule has 0 saturated carbocycles. The molecule has 1 atom stereocenters. The summed E-state index contributed by atoms with van der Waals surface area (Å²) in [6.07, 6.45) is 3.32. The zero-order valence-electron chi connectivity index (χ0n) is 13.8. The molecule has 2 aromatic carbocycles. The van der Waals surface area contributed by atoms with Crippen molar-refractivity contribution >= 4 is 10.0 Å². The van der Waals surface area contributed by atoms with E-state index >= 15 is 0 Å². The van der Waals surface area contributed by atoms with Crippen molar-refractivity contribution in [2.45, 2.75) is 17.9 Å². The zero-order valence-corrected chi connectivity index (χ0v) is 14.7. The highest BCUT2D eigenvalue weighted by Crippen LogP contribution is 2.23. The Kier molecular flexibility index (Phi) is 4.69. The molecule has 0 amide bonds. The molecule has 0 radical (unpaired) electrons. The molecule has 1 heterocycles. The van der Waals surface area contributed by atoms with Crippen molar-refractivity contribution in [3.63, 3.8) is 0 Å². The molecule has 1 aromatic heterocycles. The lowest BCUT2D eigenvalue weighted by Gasteiger charge is -2.19. The van der Waals surface area contributed by atoms with Crippen LogP contribution in [0, 0.1) is 12.7 Å². The first-order valence-corrected chi connectivity index (χ1v) is 9.17. The van der Waals surface area contributed by atoms with E-state index < -0.39 is 16.1 Å². The van der Waals surface area contributed by atoms with Crippen molar-refractivity contribution in [2.24, 2.45) is 7.05 Å². The topological polar surface area (TPSA) is 64.0 Å². The number of halogens is 1. The van der Waals surface area contributed by atoms with E-state index in [-0.39, 0.29) is 10.7 Å². The largest absolute Gasteiger partial charge is 0.336 e. The molecule has 0 spiro atoms. The van der Waals surface area contributed by atoms with Gasteiger partial charge in [-0.1, -0.05) is 29.8 Å². The molecule has 7 heteroatoms. The van der Waals surface area contributed by atoms with Crippen LogP contribution in [-0.2, 0) is 17.1 Å². The maximum Gasteiger partial charge on any atom is 0.241 e. The molecule has 0 aliphatic rings. The smallest absolute Gasteiger partial charge is 0.241 e. The maximum absolute atomic E-state index is 13.3. The van der Waals surface area contributed by atoms with Gasteiger partial charge >= 0.3 is 0 Å². The third-order valence-corrected chi connectivity index (χ3v) is 5.36. The number of rotatable bonds is 5. The van der Waals surface area contributed by atoms with Crippen molar-refractivity contribution in [2.75, 3.05) is 0 Å². The lowest BCUT2D eigenvalue weighted by Crippen LogP contribution is -2.31. The van der Waals surface area contributed by atoms with Crippen LogP contribution in [0.3, 0.4) is 0 Å². The number of aryl methyl sites for hydroxylation is 2. The minimum atomic E-state index is -3.77. The number of imidazole rings is 1. The second kappa shape index (κ2) is 6.78. The van der Waals surface area contributed by atoms with E-state index in [2.05, 4.69) is 9.71 Å². The quantitative estimate of drug-likeness (QED) is 0.762. The summed E-state index contributed by atoms with van der Waals surface area (Å²) in [5.41, 5.74) is 1.57. The van der Waals surface area contributed by atoms with Crippen LogP contribution in [0.1, 0.15) is 23.0 Å². The minimum absolute atomic E-state index is 0.166. The van der Waals surface area contributed by atoms with Gasteiger partial charge < -0.3 is 4.57 Å². The number of hydrogen-bond acceptors (Lipinski definition) is 3. The van der Waals surface area contributed by atoms with Crippen LogP contribution in [0.25, 0.3) is 0 Å². The number of benzene rings is 2. The second-order valence-electron chi connectivity index (χ2n) is 5.82.